The van der Waals surface area contributed by atoms with E-state index < -0.39 is 0 Å². The molecule has 0 saturated heterocycles. The molecule has 31 heavy (non-hydrogen) atoms. The summed E-state index contributed by atoms with van der Waals surface area (Å²) in [4.78, 5) is 21.5. The SMILES string of the molecule is COc1cc2nc(Nc3cccc(C(C)=O)c3)n3c4ccccc4nc3c2cc1OC. The maximum atomic E-state index is 11.8. The largest absolute Gasteiger partial charge is 0.493 e. The summed E-state index contributed by atoms with van der Waals surface area (Å²) in [6, 6.07) is 19.0. The highest BCUT2D eigenvalue weighted by molar-refractivity contribution is 6.00. The van der Waals surface area contributed by atoms with Crippen LogP contribution in [-0.2, 0) is 0 Å². The molecule has 0 aliphatic heterocycles. The number of nitrogens with one attached hydrogen (secondary N) is 1. The number of imidazole rings is 1. The summed E-state index contributed by atoms with van der Waals surface area (Å²) >= 11 is 0. The second-order valence-corrected chi connectivity index (χ2v) is 7.18. The van der Waals surface area contributed by atoms with Crippen LogP contribution >= 0.6 is 0 Å². The van der Waals surface area contributed by atoms with Gasteiger partial charge in [0.25, 0.3) is 0 Å². The molecule has 0 saturated carbocycles. The zero-order valence-electron chi connectivity index (χ0n) is 17.3. The molecule has 5 aromatic rings. The van der Waals surface area contributed by atoms with Crippen molar-refractivity contribution in [2.75, 3.05) is 19.5 Å². The molecule has 5 rings (SSSR count). The first-order valence-corrected chi connectivity index (χ1v) is 9.80. The molecule has 3 aromatic carbocycles. The average molecular weight is 412 g/mol. The molecule has 0 amide bonds. The Hall–Kier alpha value is -4.13. The van der Waals surface area contributed by atoms with Crippen LogP contribution in [-0.4, -0.2) is 34.4 Å². The highest BCUT2D eigenvalue weighted by Gasteiger charge is 2.17. The fourth-order valence-corrected chi connectivity index (χ4v) is 3.75. The number of methoxy groups -OCH3 is 2. The van der Waals surface area contributed by atoms with Crippen molar-refractivity contribution in [3.05, 3.63) is 66.2 Å². The third-order valence-corrected chi connectivity index (χ3v) is 5.27. The Morgan fingerprint density at radius 3 is 2.45 bits per heavy atom. The zero-order valence-corrected chi connectivity index (χ0v) is 17.3. The van der Waals surface area contributed by atoms with Gasteiger partial charge in [0.2, 0.25) is 5.95 Å². The van der Waals surface area contributed by atoms with Crippen LogP contribution in [0.4, 0.5) is 11.6 Å². The van der Waals surface area contributed by atoms with E-state index in [4.69, 9.17) is 19.4 Å². The molecule has 1 N–H and O–H groups in total. The van der Waals surface area contributed by atoms with Gasteiger partial charge in [-0.3, -0.25) is 9.20 Å². The average Bonchev–Trinajstić information content (AvgIpc) is 3.18. The zero-order chi connectivity index (χ0) is 21.5. The van der Waals surface area contributed by atoms with E-state index in [1.54, 1.807) is 27.2 Å². The first-order chi connectivity index (χ1) is 15.1. The third kappa shape index (κ3) is 3.11. The van der Waals surface area contributed by atoms with Crippen molar-refractivity contribution in [1.29, 1.82) is 0 Å². The summed E-state index contributed by atoms with van der Waals surface area (Å²) in [5, 5.41) is 4.21. The molecule has 154 valence electrons. The van der Waals surface area contributed by atoms with Crippen LogP contribution in [0.25, 0.3) is 27.6 Å². The number of carbonyl (C=O) groups excluding carboxylic acids is 1. The third-order valence-electron chi connectivity index (χ3n) is 5.27. The number of ether oxygens (including phenoxy) is 2. The number of carbonyl (C=O) groups is 1. The molecule has 0 fully saturated rings. The Kier molecular flexibility index (Phi) is 4.43. The monoisotopic (exact) mass is 412 g/mol. The molecule has 2 heterocycles. The quantitative estimate of drug-likeness (QED) is 0.409. The van der Waals surface area contributed by atoms with Crippen LogP contribution in [0.1, 0.15) is 17.3 Å². The Morgan fingerprint density at radius 1 is 0.903 bits per heavy atom. The van der Waals surface area contributed by atoms with Gasteiger partial charge in [-0.05, 0) is 37.3 Å². The van der Waals surface area contributed by atoms with Crippen molar-refractivity contribution < 1.29 is 14.3 Å². The van der Waals surface area contributed by atoms with Crippen LogP contribution in [0.5, 0.6) is 11.5 Å². The van der Waals surface area contributed by atoms with Crippen molar-refractivity contribution in [1.82, 2.24) is 14.4 Å². The summed E-state index contributed by atoms with van der Waals surface area (Å²) in [6.07, 6.45) is 0. The van der Waals surface area contributed by atoms with Gasteiger partial charge in [-0.25, -0.2) is 9.97 Å². The normalized spacial score (nSPS) is 11.2. The van der Waals surface area contributed by atoms with Gasteiger partial charge in [-0.2, -0.15) is 0 Å². The minimum atomic E-state index is 0.00480. The summed E-state index contributed by atoms with van der Waals surface area (Å²) in [7, 11) is 3.20. The molecule has 2 aromatic heterocycles. The molecule has 7 heteroatoms. The fourth-order valence-electron chi connectivity index (χ4n) is 3.75. The lowest BCUT2D eigenvalue weighted by atomic mass is 10.1. The van der Waals surface area contributed by atoms with E-state index in [9.17, 15) is 4.79 Å². The van der Waals surface area contributed by atoms with Crippen LogP contribution in [0, 0.1) is 0 Å². The van der Waals surface area contributed by atoms with Crippen molar-refractivity contribution in [2.24, 2.45) is 0 Å². The smallest absolute Gasteiger partial charge is 0.214 e. The van der Waals surface area contributed by atoms with E-state index in [0.717, 1.165) is 27.8 Å². The molecule has 0 radical (unpaired) electrons. The molecule has 7 nitrogen and oxygen atoms in total. The minimum Gasteiger partial charge on any atom is -0.493 e. The van der Waals surface area contributed by atoms with Gasteiger partial charge in [-0.15, -0.1) is 0 Å². The lowest BCUT2D eigenvalue weighted by Crippen LogP contribution is -2.04. The molecule has 0 unspecified atom stereocenters. The van der Waals surface area contributed by atoms with Crippen molar-refractivity contribution in [3.63, 3.8) is 0 Å². The number of ketones is 1. The standard InChI is InChI=1S/C24H20N4O3/c1-14(29)15-7-6-8-16(11-15)25-24-27-19-13-22(31-3)21(30-2)12-17(19)23-26-18-9-4-5-10-20(18)28(23)24/h4-13H,1-3H3,(H,25,27). The second kappa shape index (κ2) is 7.28. The predicted molar refractivity (Wildman–Crippen MR) is 121 cm³/mol. The Balaban J connectivity index is 1.81. The lowest BCUT2D eigenvalue weighted by Gasteiger charge is -2.13. The molecule has 0 spiro atoms. The van der Waals surface area contributed by atoms with Crippen LogP contribution in [0.2, 0.25) is 0 Å². The van der Waals surface area contributed by atoms with Gasteiger partial charge in [-0.1, -0.05) is 24.3 Å². The molecular weight excluding hydrogens is 392 g/mol. The van der Waals surface area contributed by atoms with E-state index in [-0.39, 0.29) is 5.78 Å². The van der Waals surface area contributed by atoms with Crippen LogP contribution < -0.4 is 14.8 Å². The first-order valence-electron chi connectivity index (χ1n) is 9.80. The van der Waals surface area contributed by atoms with Gasteiger partial charge < -0.3 is 14.8 Å². The summed E-state index contributed by atoms with van der Waals surface area (Å²) in [6.45, 7) is 1.55. The number of anilines is 2. The molecule has 0 aliphatic rings. The van der Waals surface area contributed by atoms with Crippen molar-refractivity contribution in [3.8, 4) is 11.5 Å². The Morgan fingerprint density at radius 2 is 1.68 bits per heavy atom. The van der Waals surface area contributed by atoms with E-state index in [1.807, 2.05) is 59.0 Å². The number of rotatable bonds is 5. The number of nitrogens with zero attached hydrogens (tertiary/aromatic N) is 3. The van der Waals surface area contributed by atoms with E-state index in [2.05, 4.69) is 5.32 Å². The van der Waals surface area contributed by atoms with Crippen LogP contribution in [0.3, 0.4) is 0 Å². The molecule has 0 atom stereocenters. The molecule has 0 bridgehead atoms. The Labute approximate surface area is 178 Å². The summed E-state index contributed by atoms with van der Waals surface area (Å²) < 4.78 is 12.9. The molecule has 0 aliphatic carbocycles. The highest BCUT2D eigenvalue weighted by Crippen LogP contribution is 2.35. The summed E-state index contributed by atoms with van der Waals surface area (Å²) in [5.41, 5.74) is 4.63. The fraction of sp³-hybridized carbons (Fsp3) is 0.125. The van der Waals surface area contributed by atoms with Crippen molar-refractivity contribution >= 4 is 45.0 Å². The lowest BCUT2D eigenvalue weighted by molar-refractivity contribution is 0.101. The minimum absolute atomic E-state index is 0.00480. The van der Waals surface area contributed by atoms with E-state index in [1.165, 1.54) is 0 Å². The molecular formula is C24H20N4O3. The highest BCUT2D eigenvalue weighted by atomic mass is 16.5. The van der Waals surface area contributed by atoms with E-state index in [0.29, 0.717) is 28.5 Å². The first kappa shape index (κ1) is 18.9. The van der Waals surface area contributed by atoms with Gasteiger partial charge in [0.05, 0.1) is 30.8 Å². The number of hydrogen-bond donors (Lipinski definition) is 1. The topological polar surface area (TPSA) is 77.8 Å². The number of Topliss-reactive ketones (excluding diaryl/α,β-unsaturated/α-hetero) is 1. The number of hydrogen-bond acceptors (Lipinski definition) is 6. The maximum Gasteiger partial charge on any atom is 0.214 e. The number of aromatic nitrogens is 3. The maximum absolute atomic E-state index is 11.8. The predicted octanol–water partition coefficient (Wildman–Crippen LogP) is 5.00. The second-order valence-electron chi connectivity index (χ2n) is 7.18. The van der Waals surface area contributed by atoms with Gasteiger partial charge in [0.15, 0.2) is 17.3 Å². The van der Waals surface area contributed by atoms with Crippen LogP contribution in [0.15, 0.2) is 60.7 Å². The van der Waals surface area contributed by atoms with Gasteiger partial charge >= 0.3 is 0 Å². The Bertz CT molecular complexity index is 1470. The van der Waals surface area contributed by atoms with Crippen molar-refractivity contribution in [2.45, 2.75) is 6.92 Å². The van der Waals surface area contributed by atoms with Gasteiger partial charge in [0, 0.05) is 22.7 Å². The number of benzene rings is 3. The number of para-hydroxylation sites is 2. The number of fused-ring (bicyclic) bond motifs is 5. The van der Waals surface area contributed by atoms with Gasteiger partial charge in [0.1, 0.15) is 5.65 Å². The van der Waals surface area contributed by atoms with E-state index >= 15 is 0 Å². The summed E-state index contributed by atoms with van der Waals surface area (Å²) in [5.74, 6) is 1.79.